The fourth-order valence-corrected chi connectivity index (χ4v) is 4.31. The van der Waals surface area contributed by atoms with Crippen molar-refractivity contribution >= 4 is 17.9 Å². The van der Waals surface area contributed by atoms with E-state index in [1.165, 1.54) is 12.1 Å². The molecule has 27 heavy (non-hydrogen) atoms. The lowest BCUT2D eigenvalue weighted by atomic mass is 9.89. The second kappa shape index (κ2) is 7.71. The molecule has 1 aliphatic carbocycles. The summed E-state index contributed by atoms with van der Waals surface area (Å²) in [6.07, 6.45) is 7.14. The van der Waals surface area contributed by atoms with Crippen LogP contribution in [-0.2, 0) is 14.3 Å². The van der Waals surface area contributed by atoms with Crippen LogP contribution >= 0.6 is 0 Å². The van der Waals surface area contributed by atoms with Gasteiger partial charge in [0.2, 0.25) is 5.91 Å². The molecule has 2 aliphatic heterocycles. The first-order valence-corrected chi connectivity index (χ1v) is 9.85. The SMILES string of the molecule is O=C(CN1C(=O)/C(=C/c2ccccc2F)OC2CCCCC21)N1CCCC1. The fourth-order valence-electron chi connectivity index (χ4n) is 4.31. The van der Waals surface area contributed by atoms with Crippen LogP contribution in [0, 0.1) is 5.82 Å². The Morgan fingerprint density at radius 3 is 2.67 bits per heavy atom. The summed E-state index contributed by atoms with van der Waals surface area (Å²) >= 11 is 0. The molecule has 1 aromatic rings. The van der Waals surface area contributed by atoms with Gasteiger partial charge in [0.1, 0.15) is 18.5 Å². The van der Waals surface area contributed by atoms with Gasteiger partial charge in [-0.15, -0.1) is 0 Å². The number of fused-ring (bicyclic) bond motifs is 1. The van der Waals surface area contributed by atoms with Gasteiger partial charge in [-0.2, -0.15) is 0 Å². The number of benzene rings is 1. The molecule has 6 heteroatoms. The van der Waals surface area contributed by atoms with E-state index >= 15 is 0 Å². The summed E-state index contributed by atoms with van der Waals surface area (Å²) in [6, 6.07) is 6.24. The number of nitrogens with zero attached hydrogens (tertiary/aromatic N) is 2. The molecular weight excluding hydrogens is 347 g/mol. The van der Waals surface area contributed by atoms with Gasteiger partial charge in [0, 0.05) is 18.7 Å². The van der Waals surface area contributed by atoms with E-state index in [2.05, 4.69) is 0 Å². The van der Waals surface area contributed by atoms with Crippen molar-refractivity contribution in [3.05, 3.63) is 41.4 Å². The average Bonchev–Trinajstić information content (AvgIpc) is 3.21. The summed E-state index contributed by atoms with van der Waals surface area (Å²) in [5.74, 6) is -0.574. The summed E-state index contributed by atoms with van der Waals surface area (Å²) in [5, 5.41) is 0. The molecule has 2 unspecified atom stereocenters. The highest BCUT2D eigenvalue weighted by Gasteiger charge is 2.42. The van der Waals surface area contributed by atoms with Gasteiger partial charge in [0.15, 0.2) is 5.76 Å². The Labute approximate surface area is 158 Å². The van der Waals surface area contributed by atoms with Crippen LogP contribution in [0.25, 0.3) is 6.08 Å². The molecule has 2 amide bonds. The zero-order chi connectivity index (χ0) is 18.8. The Kier molecular flexibility index (Phi) is 5.14. The molecule has 1 aromatic carbocycles. The first-order valence-electron chi connectivity index (χ1n) is 9.85. The Hall–Kier alpha value is -2.37. The van der Waals surface area contributed by atoms with Gasteiger partial charge < -0.3 is 14.5 Å². The second-order valence-electron chi connectivity index (χ2n) is 7.56. The number of carbonyl (C=O) groups excluding carboxylic acids is 2. The minimum atomic E-state index is -0.396. The fraction of sp³-hybridized carbons (Fsp3) is 0.524. The summed E-state index contributed by atoms with van der Waals surface area (Å²) < 4.78 is 20.0. The first-order chi connectivity index (χ1) is 13.1. The molecule has 0 N–H and O–H groups in total. The van der Waals surface area contributed by atoms with Gasteiger partial charge in [-0.1, -0.05) is 24.6 Å². The van der Waals surface area contributed by atoms with E-state index in [0.29, 0.717) is 5.56 Å². The minimum absolute atomic E-state index is 0.00249. The molecule has 0 aromatic heterocycles. The average molecular weight is 372 g/mol. The van der Waals surface area contributed by atoms with E-state index in [1.807, 2.05) is 4.90 Å². The molecule has 4 rings (SSSR count). The van der Waals surface area contributed by atoms with E-state index in [9.17, 15) is 14.0 Å². The predicted octanol–water partition coefficient (Wildman–Crippen LogP) is 2.96. The van der Waals surface area contributed by atoms with Gasteiger partial charge in [-0.05, 0) is 44.2 Å². The highest BCUT2D eigenvalue weighted by atomic mass is 19.1. The molecule has 3 fully saturated rings. The monoisotopic (exact) mass is 372 g/mol. The topological polar surface area (TPSA) is 49.9 Å². The van der Waals surface area contributed by atoms with Crippen LogP contribution < -0.4 is 0 Å². The Morgan fingerprint density at radius 2 is 1.89 bits per heavy atom. The molecule has 2 saturated heterocycles. The number of hydrogen-bond acceptors (Lipinski definition) is 3. The Bertz CT molecular complexity index is 758. The molecule has 2 atom stereocenters. The number of carbonyl (C=O) groups is 2. The predicted molar refractivity (Wildman–Crippen MR) is 99.0 cm³/mol. The van der Waals surface area contributed by atoms with Crippen LogP contribution in [0.3, 0.4) is 0 Å². The van der Waals surface area contributed by atoms with E-state index in [1.54, 1.807) is 23.1 Å². The van der Waals surface area contributed by atoms with Crippen LogP contribution in [0.1, 0.15) is 44.1 Å². The van der Waals surface area contributed by atoms with Crippen molar-refractivity contribution in [2.45, 2.75) is 50.7 Å². The molecule has 0 spiro atoms. The largest absolute Gasteiger partial charge is 0.482 e. The lowest BCUT2D eigenvalue weighted by molar-refractivity contribution is -0.154. The van der Waals surface area contributed by atoms with Crippen molar-refractivity contribution in [2.75, 3.05) is 19.6 Å². The first kappa shape index (κ1) is 18.0. The molecule has 2 heterocycles. The summed E-state index contributed by atoms with van der Waals surface area (Å²) in [5.41, 5.74) is 0.320. The molecule has 3 aliphatic rings. The summed E-state index contributed by atoms with van der Waals surface area (Å²) in [4.78, 5) is 29.3. The maximum atomic E-state index is 14.0. The lowest BCUT2D eigenvalue weighted by Gasteiger charge is -2.44. The lowest BCUT2D eigenvalue weighted by Crippen LogP contribution is -2.57. The van der Waals surface area contributed by atoms with E-state index in [-0.39, 0.29) is 36.3 Å². The maximum Gasteiger partial charge on any atom is 0.289 e. The molecule has 0 bridgehead atoms. The highest BCUT2D eigenvalue weighted by molar-refractivity contribution is 5.98. The van der Waals surface area contributed by atoms with E-state index in [4.69, 9.17) is 4.74 Å². The Morgan fingerprint density at radius 1 is 1.15 bits per heavy atom. The normalized spacial score (nSPS) is 26.9. The standard InChI is InChI=1S/C21H25FN2O3/c22-16-8-2-1-7-15(16)13-19-21(26)24(14-20(25)23-11-5-6-12-23)17-9-3-4-10-18(17)27-19/h1-2,7-8,13,17-18H,3-6,9-12,14H2/b19-13-. The van der Waals surface area contributed by atoms with Crippen molar-refractivity contribution in [1.29, 1.82) is 0 Å². The highest BCUT2D eigenvalue weighted by Crippen LogP contribution is 2.33. The zero-order valence-corrected chi connectivity index (χ0v) is 15.4. The van der Waals surface area contributed by atoms with Crippen LogP contribution in [0.4, 0.5) is 4.39 Å². The number of halogens is 1. The van der Waals surface area contributed by atoms with Gasteiger partial charge in [0.25, 0.3) is 5.91 Å². The van der Waals surface area contributed by atoms with Crippen molar-refractivity contribution in [3.63, 3.8) is 0 Å². The van der Waals surface area contributed by atoms with Gasteiger partial charge in [-0.3, -0.25) is 9.59 Å². The third kappa shape index (κ3) is 3.70. The van der Waals surface area contributed by atoms with Gasteiger partial charge in [-0.25, -0.2) is 4.39 Å². The van der Waals surface area contributed by atoms with E-state index < -0.39 is 5.82 Å². The number of hydrogen-bond donors (Lipinski definition) is 0. The smallest absolute Gasteiger partial charge is 0.289 e. The number of ether oxygens (including phenoxy) is 1. The maximum absolute atomic E-state index is 14.0. The van der Waals surface area contributed by atoms with Crippen LogP contribution in [0.5, 0.6) is 0 Å². The third-order valence-electron chi connectivity index (χ3n) is 5.77. The number of amides is 2. The van der Waals surface area contributed by atoms with Gasteiger partial charge >= 0.3 is 0 Å². The molecule has 1 saturated carbocycles. The van der Waals surface area contributed by atoms with E-state index in [0.717, 1.165) is 51.6 Å². The van der Waals surface area contributed by atoms with Crippen LogP contribution in [0.2, 0.25) is 0 Å². The number of rotatable bonds is 3. The van der Waals surface area contributed by atoms with Crippen LogP contribution in [0.15, 0.2) is 30.0 Å². The van der Waals surface area contributed by atoms with Crippen LogP contribution in [-0.4, -0.2) is 53.4 Å². The second-order valence-corrected chi connectivity index (χ2v) is 7.56. The zero-order valence-electron chi connectivity index (χ0n) is 15.4. The third-order valence-corrected chi connectivity index (χ3v) is 5.77. The molecule has 144 valence electrons. The van der Waals surface area contributed by atoms with Crippen molar-refractivity contribution < 1.29 is 18.7 Å². The summed E-state index contributed by atoms with van der Waals surface area (Å²) in [7, 11) is 0. The summed E-state index contributed by atoms with van der Waals surface area (Å²) in [6.45, 7) is 1.62. The van der Waals surface area contributed by atoms with Crippen molar-refractivity contribution in [2.24, 2.45) is 0 Å². The quantitative estimate of drug-likeness (QED) is 0.767. The van der Waals surface area contributed by atoms with Crippen molar-refractivity contribution in [3.8, 4) is 0 Å². The molecule has 0 radical (unpaired) electrons. The van der Waals surface area contributed by atoms with Gasteiger partial charge in [0.05, 0.1) is 6.04 Å². The minimum Gasteiger partial charge on any atom is -0.482 e. The van der Waals surface area contributed by atoms with Crippen molar-refractivity contribution in [1.82, 2.24) is 9.80 Å². The molecule has 5 nitrogen and oxygen atoms in total. The molecular formula is C21H25FN2O3. The number of morpholine rings is 1. The Balaban J connectivity index is 1.60. The number of likely N-dealkylation sites (tertiary alicyclic amines) is 1.